The number of hydrogen-bond donors (Lipinski definition) is 1. The molecular weight excluding hydrogens is 364 g/mol. The zero-order valence-electron chi connectivity index (χ0n) is 12.1. The number of carbonyl (C=O) groups excluding carboxylic acids is 2. The van der Waals surface area contributed by atoms with E-state index in [0.29, 0.717) is 10.0 Å². The van der Waals surface area contributed by atoms with E-state index in [0.717, 1.165) is 4.88 Å². The highest BCUT2D eigenvalue weighted by atomic mass is 32.1. The van der Waals surface area contributed by atoms with Crippen molar-refractivity contribution in [1.29, 1.82) is 0 Å². The van der Waals surface area contributed by atoms with Crippen LogP contribution in [-0.2, 0) is 4.79 Å². The normalized spacial score (nSPS) is 17.8. The van der Waals surface area contributed by atoms with Crippen LogP contribution in [0.15, 0.2) is 57.9 Å². The van der Waals surface area contributed by atoms with Crippen LogP contribution in [0.3, 0.4) is 0 Å². The number of Topliss-reactive ketones (excluding diaryl/α,β-unsaturated/α-hetero) is 1. The number of rotatable bonds is 4. The Morgan fingerprint density at radius 1 is 1.12 bits per heavy atom. The lowest BCUT2D eigenvalue weighted by molar-refractivity contribution is -0.117. The lowest BCUT2D eigenvalue weighted by Gasteiger charge is -2.22. The summed E-state index contributed by atoms with van der Waals surface area (Å²) in [6.45, 7) is 0. The highest BCUT2D eigenvalue weighted by molar-refractivity contribution is 7.14. The average molecular weight is 374 g/mol. The van der Waals surface area contributed by atoms with Crippen molar-refractivity contribution in [1.82, 2.24) is 4.98 Å². The molecule has 0 bridgehead atoms. The maximum Gasteiger partial charge on any atom is 0.296 e. The Labute approximate surface area is 149 Å². The van der Waals surface area contributed by atoms with E-state index in [1.54, 1.807) is 29.1 Å². The van der Waals surface area contributed by atoms with Crippen LogP contribution in [0, 0.1) is 0 Å². The minimum Gasteiger partial charge on any atom is -0.503 e. The number of aliphatic hydroxyl groups is 1. The van der Waals surface area contributed by atoms with Gasteiger partial charge in [0.1, 0.15) is 6.04 Å². The molecule has 1 aliphatic heterocycles. The van der Waals surface area contributed by atoms with Crippen molar-refractivity contribution in [2.75, 3.05) is 4.90 Å². The van der Waals surface area contributed by atoms with Crippen molar-refractivity contribution in [2.45, 2.75) is 6.04 Å². The van der Waals surface area contributed by atoms with Crippen LogP contribution < -0.4 is 4.90 Å². The molecule has 4 rings (SSSR count). The fourth-order valence-electron chi connectivity index (χ4n) is 2.63. The molecule has 3 aromatic heterocycles. The SMILES string of the molecule is O=C(C1=C(O)C(=O)N(c2nccs2)[C@@H]1c1cccs1)c1cccs1. The van der Waals surface area contributed by atoms with Crippen LogP contribution in [0.2, 0.25) is 0 Å². The van der Waals surface area contributed by atoms with Gasteiger partial charge in [-0.05, 0) is 22.9 Å². The van der Waals surface area contributed by atoms with Gasteiger partial charge >= 0.3 is 0 Å². The van der Waals surface area contributed by atoms with Gasteiger partial charge in [0.25, 0.3) is 5.91 Å². The van der Waals surface area contributed by atoms with Crippen molar-refractivity contribution in [3.05, 3.63) is 67.7 Å². The van der Waals surface area contributed by atoms with Crippen molar-refractivity contribution >= 4 is 50.8 Å². The molecule has 0 unspecified atom stereocenters. The van der Waals surface area contributed by atoms with Crippen LogP contribution in [0.4, 0.5) is 5.13 Å². The lowest BCUT2D eigenvalue weighted by Crippen LogP contribution is -2.30. The maximum absolute atomic E-state index is 12.9. The highest BCUT2D eigenvalue weighted by Gasteiger charge is 2.46. The molecule has 4 heterocycles. The van der Waals surface area contributed by atoms with Crippen LogP contribution in [-0.4, -0.2) is 21.8 Å². The van der Waals surface area contributed by atoms with Gasteiger partial charge in [-0.2, -0.15) is 0 Å². The first-order valence-electron chi connectivity index (χ1n) is 6.96. The first kappa shape index (κ1) is 15.3. The topological polar surface area (TPSA) is 70.5 Å². The molecule has 1 N–H and O–H groups in total. The minimum absolute atomic E-state index is 0.111. The number of aliphatic hydroxyl groups excluding tert-OH is 1. The second-order valence-electron chi connectivity index (χ2n) is 4.98. The molecule has 0 aliphatic carbocycles. The Hall–Kier alpha value is -2.29. The van der Waals surface area contributed by atoms with E-state index in [-0.39, 0.29) is 11.4 Å². The standard InChI is InChI=1S/C16H10N2O3S3/c19-13(10-4-2-7-23-10)11-12(9-3-1-6-22-9)18(15(21)14(11)20)16-17-5-8-24-16/h1-8,12,20H/t12-/m1/s1. The third-order valence-electron chi connectivity index (χ3n) is 3.64. The van der Waals surface area contributed by atoms with Crippen LogP contribution in [0.1, 0.15) is 20.6 Å². The van der Waals surface area contributed by atoms with Gasteiger partial charge in [0, 0.05) is 16.5 Å². The van der Waals surface area contributed by atoms with Gasteiger partial charge < -0.3 is 5.11 Å². The molecule has 0 aromatic carbocycles. The number of ketones is 1. The second-order valence-corrected chi connectivity index (χ2v) is 7.78. The number of carbonyl (C=O) groups is 2. The molecule has 24 heavy (non-hydrogen) atoms. The summed E-state index contributed by atoms with van der Waals surface area (Å²) >= 11 is 4.01. The summed E-state index contributed by atoms with van der Waals surface area (Å²) in [4.78, 5) is 32.4. The molecule has 8 heteroatoms. The van der Waals surface area contributed by atoms with Crippen molar-refractivity contribution < 1.29 is 14.7 Å². The van der Waals surface area contributed by atoms with Gasteiger partial charge in [0.2, 0.25) is 5.78 Å². The molecule has 1 atom stereocenters. The van der Waals surface area contributed by atoms with Gasteiger partial charge in [-0.25, -0.2) is 4.98 Å². The van der Waals surface area contributed by atoms with Crippen LogP contribution >= 0.6 is 34.0 Å². The molecule has 1 aliphatic rings. The van der Waals surface area contributed by atoms with Gasteiger partial charge in [-0.3, -0.25) is 14.5 Å². The Morgan fingerprint density at radius 3 is 2.54 bits per heavy atom. The summed E-state index contributed by atoms with van der Waals surface area (Å²) in [5.74, 6) is -1.42. The molecule has 0 fully saturated rings. The molecule has 5 nitrogen and oxygen atoms in total. The Morgan fingerprint density at radius 2 is 1.92 bits per heavy atom. The quantitative estimate of drug-likeness (QED) is 0.700. The van der Waals surface area contributed by atoms with Gasteiger partial charge in [-0.1, -0.05) is 12.1 Å². The van der Waals surface area contributed by atoms with E-state index in [1.807, 2.05) is 17.5 Å². The molecule has 0 saturated heterocycles. The second kappa shape index (κ2) is 5.97. The molecular formula is C16H10N2O3S3. The molecule has 120 valence electrons. The largest absolute Gasteiger partial charge is 0.503 e. The number of hydrogen-bond acceptors (Lipinski definition) is 7. The van der Waals surface area contributed by atoms with Gasteiger partial charge in [0.15, 0.2) is 10.9 Å². The Balaban J connectivity index is 1.87. The zero-order valence-corrected chi connectivity index (χ0v) is 14.5. The molecule has 0 radical (unpaired) electrons. The minimum atomic E-state index is -0.654. The predicted molar refractivity (Wildman–Crippen MR) is 95.0 cm³/mol. The van der Waals surface area contributed by atoms with Crippen molar-refractivity contribution in [3.63, 3.8) is 0 Å². The fraction of sp³-hybridized carbons (Fsp3) is 0.0625. The average Bonchev–Trinajstić information content (AvgIpc) is 3.37. The van der Waals surface area contributed by atoms with E-state index in [2.05, 4.69) is 4.98 Å². The molecule has 3 aromatic rings. The fourth-order valence-corrected chi connectivity index (χ4v) is 4.79. The molecule has 0 spiro atoms. The number of aromatic nitrogens is 1. The number of amides is 1. The first-order valence-corrected chi connectivity index (χ1v) is 9.60. The van der Waals surface area contributed by atoms with Gasteiger partial charge in [0.05, 0.1) is 10.5 Å². The highest BCUT2D eigenvalue weighted by Crippen LogP contribution is 2.44. The van der Waals surface area contributed by atoms with E-state index in [4.69, 9.17) is 0 Å². The smallest absolute Gasteiger partial charge is 0.296 e. The number of thiazole rings is 1. The summed E-state index contributed by atoms with van der Waals surface area (Å²) in [6, 6.07) is 6.51. The van der Waals surface area contributed by atoms with Crippen LogP contribution in [0.5, 0.6) is 0 Å². The van der Waals surface area contributed by atoms with Crippen molar-refractivity contribution in [2.24, 2.45) is 0 Å². The van der Waals surface area contributed by atoms with Crippen molar-refractivity contribution in [3.8, 4) is 0 Å². The zero-order chi connectivity index (χ0) is 16.7. The Bertz CT molecular complexity index is 912. The monoisotopic (exact) mass is 374 g/mol. The predicted octanol–water partition coefficient (Wildman–Crippen LogP) is 4.05. The van der Waals surface area contributed by atoms with E-state index < -0.39 is 17.7 Å². The first-order chi connectivity index (χ1) is 11.7. The Kier molecular flexibility index (Phi) is 3.79. The van der Waals surface area contributed by atoms with E-state index in [1.165, 1.54) is 38.9 Å². The summed E-state index contributed by atoms with van der Waals surface area (Å²) < 4.78 is 0. The lowest BCUT2D eigenvalue weighted by atomic mass is 10.0. The molecule has 0 saturated carbocycles. The summed E-state index contributed by atoms with van der Waals surface area (Å²) in [6.07, 6.45) is 1.59. The van der Waals surface area contributed by atoms with E-state index in [9.17, 15) is 14.7 Å². The number of anilines is 1. The van der Waals surface area contributed by atoms with Crippen LogP contribution in [0.25, 0.3) is 0 Å². The van der Waals surface area contributed by atoms with E-state index >= 15 is 0 Å². The summed E-state index contributed by atoms with van der Waals surface area (Å²) in [5, 5.41) is 16.3. The summed E-state index contributed by atoms with van der Waals surface area (Å²) in [7, 11) is 0. The van der Waals surface area contributed by atoms with Gasteiger partial charge in [-0.15, -0.1) is 34.0 Å². The molecule has 1 amide bonds. The maximum atomic E-state index is 12.9. The number of thiophene rings is 2. The third-order valence-corrected chi connectivity index (χ3v) is 6.20. The summed E-state index contributed by atoms with van der Waals surface area (Å²) in [5.41, 5.74) is 0.111. The third kappa shape index (κ3) is 2.31. The number of nitrogens with zero attached hydrogens (tertiary/aromatic N) is 2.